The van der Waals surface area contributed by atoms with E-state index in [0.717, 1.165) is 63.3 Å². The Morgan fingerprint density at radius 2 is 0.831 bits per heavy atom. The Morgan fingerprint density at radius 3 is 1.27 bits per heavy atom. The number of carbonyl (C=O) groups excluding carboxylic acids is 4. The van der Waals surface area contributed by atoms with Crippen LogP contribution in [0.3, 0.4) is 0 Å². The van der Waals surface area contributed by atoms with Crippen LogP contribution < -0.4 is 33.6 Å². The maximum Gasteiger partial charge on any atom is 0.411 e. The molecule has 0 saturated heterocycles. The number of carbonyl (C=O) groups is 4. The van der Waals surface area contributed by atoms with Crippen molar-refractivity contribution in [3.8, 4) is 34.5 Å². The monoisotopic (exact) mass is 1050 g/mol. The minimum atomic E-state index is -6.15. The van der Waals surface area contributed by atoms with Crippen molar-refractivity contribution >= 4 is 51.5 Å². The second kappa shape index (κ2) is 18.0. The van der Waals surface area contributed by atoms with Gasteiger partial charge < -0.3 is 23.8 Å². The van der Waals surface area contributed by atoms with Gasteiger partial charge in [0.15, 0.2) is 6.73 Å². The van der Waals surface area contributed by atoms with E-state index in [-0.39, 0.29) is 11.4 Å². The number of alkyl halides is 6. The summed E-state index contributed by atoms with van der Waals surface area (Å²) >= 11 is 0. The van der Waals surface area contributed by atoms with Crippen molar-refractivity contribution in [2.24, 2.45) is 0 Å². The van der Waals surface area contributed by atoms with Gasteiger partial charge >= 0.3 is 12.4 Å². The third-order valence-electron chi connectivity index (χ3n) is 14.2. The van der Waals surface area contributed by atoms with Crippen molar-refractivity contribution in [2.75, 3.05) is 35.2 Å². The fourth-order valence-corrected chi connectivity index (χ4v) is 10.4. The molecule has 4 aliphatic heterocycles. The Labute approximate surface area is 434 Å². The van der Waals surface area contributed by atoms with Crippen LogP contribution in [0.15, 0.2) is 158 Å². The van der Waals surface area contributed by atoms with Gasteiger partial charge in [-0.05, 0) is 134 Å². The second-order valence-corrected chi connectivity index (χ2v) is 19.1. The molecule has 0 aliphatic carbocycles. The zero-order chi connectivity index (χ0) is 53.7. The van der Waals surface area contributed by atoms with Gasteiger partial charge in [0, 0.05) is 40.7 Å². The molecule has 4 heterocycles. The van der Waals surface area contributed by atoms with Crippen LogP contribution in [0, 0.1) is 6.92 Å². The lowest BCUT2D eigenvalue weighted by atomic mass is 9.71. The number of hydrogen-bond acceptors (Lipinski definition) is 10. The molecule has 0 bridgehead atoms. The van der Waals surface area contributed by atoms with Crippen LogP contribution in [-0.4, -0.2) is 61.4 Å². The van der Waals surface area contributed by atoms with E-state index in [9.17, 15) is 19.2 Å². The molecule has 0 radical (unpaired) electrons. The molecule has 4 amide bonds. The number of imide groups is 2. The summed E-state index contributed by atoms with van der Waals surface area (Å²) in [7, 11) is 2.00. The van der Waals surface area contributed by atoms with E-state index < -0.39 is 74.8 Å². The molecular weight excluding hydrogens is 1010 g/mol. The second-order valence-electron chi connectivity index (χ2n) is 19.1. The molecule has 12 rings (SSSR count). The molecule has 0 unspecified atom stereocenters. The van der Waals surface area contributed by atoms with E-state index in [1.165, 1.54) is 48.5 Å². The molecule has 0 saturated carbocycles. The van der Waals surface area contributed by atoms with Crippen LogP contribution in [0.5, 0.6) is 34.5 Å². The first kappa shape index (κ1) is 48.8. The van der Waals surface area contributed by atoms with Gasteiger partial charge in [0.1, 0.15) is 41.2 Å². The number of nitrogens with zero attached hydrogens (tertiary/aromatic N) is 4. The first-order valence-electron chi connectivity index (χ1n) is 24.1. The molecule has 0 fully saturated rings. The summed E-state index contributed by atoms with van der Waals surface area (Å²) in [6.07, 6.45) is -12.3. The Hall–Kier alpha value is -9.16. The van der Waals surface area contributed by atoms with Gasteiger partial charge in [0.05, 0.1) is 33.6 Å². The Balaban J connectivity index is 0.758. The molecule has 0 atom stereocenters. The highest BCUT2D eigenvalue weighted by Gasteiger charge is 2.73. The highest BCUT2D eigenvalue weighted by Crippen LogP contribution is 2.57. The molecule has 386 valence electrons. The lowest BCUT2D eigenvalue weighted by Gasteiger charge is -2.38. The lowest BCUT2D eigenvalue weighted by molar-refractivity contribution is -0.288. The maximum absolute atomic E-state index is 15.6. The molecular formula is C59H40F6N4O8. The highest BCUT2D eigenvalue weighted by atomic mass is 19.4. The molecule has 8 aromatic rings. The molecule has 77 heavy (non-hydrogen) atoms. The van der Waals surface area contributed by atoms with Crippen molar-refractivity contribution in [1.82, 2.24) is 4.90 Å². The van der Waals surface area contributed by atoms with E-state index in [0.29, 0.717) is 77.1 Å². The number of aryl methyl sites for hydroxylation is 1. The quantitative estimate of drug-likeness (QED) is 0.102. The number of benzene rings is 8. The summed E-state index contributed by atoms with van der Waals surface area (Å²) in [5.74, 6) is -1.06. The van der Waals surface area contributed by atoms with E-state index in [1.807, 2.05) is 44.3 Å². The molecule has 4 aliphatic rings. The number of halogens is 6. The zero-order valence-corrected chi connectivity index (χ0v) is 40.7. The van der Waals surface area contributed by atoms with E-state index in [2.05, 4.69) is 28.0 Å². The summed E-state index contributed by atoms with van der Waals surface area (Å²) in [6.45, 7) is 4.07. The fourth-order valence-electron chi connectivity index (χ4n) is 10.4. The average Bonchev–Trinajstić information content (AvgIpc) is 3.95. The van der Waals surface area contributed by atoms with E-state index >= 15 is 26.3 Å². The Bertz CT molecular complexity index is 3740. The summed E-state index contributed by atoms with van der Waals surface area (Å²) in [4.78, 5) is 60.5. The predicted molar refractivity (Wildman–Crippen MR) is 271 cm³/mol. The van der Waals surface area contributed by atoms with Crippen molar-refractivity contribution in [3.63, 3.8) is 0 Å². The molecule has 12 nitrogen and oxygen atoms in total. The number of rotatable bonds is 9. The van der Waals surface area contributed by atoms with Crippen LogP contribution in [0.25, 0.3) is 10.8 Å². The van der Waals surface area contributed by atoms with Crippen LogP contribution in [-0.2, 0) is 18.5 Å². The topological polar surface area (TPSA) is 118 Å². The molecule has 0 aromatic heterocycles. The fraction of sp³-hybridized carbons (Fsp3) is 0.153. The summed E-state index contributed by atoms with van der Waals surface area (Å²) in [6, 6.07) is 37.1. The van der Waals surface area contributed by atoms with Gasteiger partial charge in [0.2, 0.25) is 5.41 Å². The molecule has 8 aromatic carbocycles. The maximum atomic E-state index is 15.6. The summed E-state index contributed by atoms with van der Waals surface area (Å²) in [5.41, 5.74) is -6.07. The van der Waals surface area contributed by atoms with Crippen LogP contribution in [0.2, 0.25) is 0 Å². The van der Waals surface area contributed by atoms with E-state index in [1.54, 1.807) is 24.3 Å². The normalized spacial score (nSPS) is 15.5. The van der Waals surface area contributed by atoms with E-state index in [4.69, 9.17) is 18.9 Å². The Morgan fingerprint density at radius 1 is 0.442 bits per heavy atom. The third kappa shape index (κ3) is 8.05. The summed E-state index contributed by atoms with van der Waals surface area (Å²) < 4.78 is 118. The number of amides is 4. The minimum absolute atomic E-state index is 0.0146. The van der Waals surface area contributed by atoms with Gasteiger partial charge in [-0.2, -0.15) is 26.3 Å². The van der Waals surface area contributed by atoms with Crippen LogP contribution in [0.1, 0.15) is 69.2 Å². The standard InChI is InChI=1S/C59H40F6N4O8/c1-33-3-15-41(16-4-33)76-43-19-11-39(12-20-43)68-53(70)47-25-7-36(27-49(47)55(68)72)57(58(60,61)62,59(63,64)65)37-8-26-48-50(28-37)56(73)69(54(48)71)40-13-21-44(22-14-40)77-42-17-9-38(10-18-42)67-30-35-6-24-45-46(52(35)75-32-67)23-5-34-29-66(2)31-74-51(34)45/h3-28H,29-32H2,1-2H3. The first-order valence-corrected chi connectivity index (χ1v) is 24.1. The van der Waals surface area contributed by atoms with Crippen molar-refractivity contribution in [2.45, 2.75) is 37.8 Å². The summed E-state index contributed by atoms with van der Waals surface area (Å²) in [5, 5.41) is 1.99. The average molecular weight is 1050 g/mol. The Kier molecular flexibility index (Phi) is 11.4. The molecule has 18 heteroatoms. The molecule has 0 N–H and O–H groups in total. The largest absolute Gasteiger partial charge is 0.477 e. The van der Waals surface area contributed by atoms with Crippen molar-refractivity contribution in [3.05, 3.63) is 208 Å². The number of hydrogen-bond donors (Lipinski definition) is 0. The molecule has 0 spiro atoms. The SMILES string of the molecule is Cc1ccc(Oc2ccc(N3C(=O)c4ccc(C(c5ccc6c(c5)C(=O)N(c5ccc(Oc7ccc(N8COc9c(ccc%10c%11c(ccc9%10)CN(C)CO%11)C8)cc7)cc5)C6=O)(C(F)(F)F)C(F)(F)F)cc4C3=O)cc2)cc1. The number of anilines is 3. The van der Waals surface area contributed by atoms with Gasteiger partial charge in [-0.25, -0.2) is 9.80 Å². The number of fused-ring (bicyclic) bond motifs is 7. The zero-order valence-electron chi connectivity index (χ0n) is 40.7. The van der Waals surface area contributed by atoms with Crippen LogP contribution in [0.4, 0.5) is 43.4 Å². The smallest absolute Gasteiger partial charge is 0.411 e. The van der Waals surface area contributed by atoms with Crippen molar-refractivity contribution < 1.29 is 64.5 Å². The van der Waals surface area contributed by atoms with Gasteiger partial charge in [-0.15, -0.1) is 0 Å². The minimum Gasteiger partial charge on any atom is -0.477 e. The highest BCUT2D eigenvalue weighted by molar-refractivity contribution is 6.35. The lowest BCUT2D eigenvalue weighted by Crippen LogP contribution is -2.55. The third-order valence-corrected chi connectivity index (χ3v) is 14.2. The predicted octanol–water partition coefficient (Wildman–Crippen LogP) is 12.9. The number of ether oxygens (including phenoxy) is 4. The van der Waals surface area contributed by atoms with Crippen molar-refractivity contribution in [1.29, 1.82) is 0 Å². The first-order chi connectivity index (χ1) is 36.9. The van der Waals surface area contributed by atoms with Gasteiger partial charge in [0.25, 0.3) is 23.6 Å². The van der Waals surface area contributed by atoms with Crippen LogP contribution >= 0.6 is 0 Å². The van der Waals surface area contributed by atoms with Gasteiger partial charge in [-0.3, -0.25) is 24.1 Å². The van der Waals surface area contributed by atoms with Gasteiger partial charge in [-0.1, -0.05) is 54.1 Å².